The van der Waals surface area contributed by atoms with Gasteiger partial charge in [-0.1, -0.05) is 65.5 Å². The third kappa shape index (κ3) is 37.0. The van der Waals surface area contributed by atoms with E-state index in [4.69, 9.17) is 94.9 Å². The van der Waals surface area contributed by atoms with Gasteiger partial charge in [0.05, 0.1) is 205 Å². The van der Waals surface area contributed by atoms with Crippen LogP contribution in [0.5, 0.6) is 0 Å². The molecule has 6 N–H and O–H groups in total. The maximum absolute atomic E-state index is 12.8. The fourth-order valence-electron chi connectivity index (χ4n) is 13.2. The summed E-state index contributed by atoms with van der Waals surface area (Å²) in [7, 11) is -8.67. The van der Waals surface area contributed by atoms with E-state index < -0.39 is 28.4 Å². The molecule has 0 aromatic heterocycles. The Hall–Kier alpha value is -1.41. The zero-order valence-corrected chi connectivity index (χ0v) is 58.8. The second-order valence-electron chi connectivity index (χ2n) is 25.1. The van der Waals surface area contributed by atoms with Crippen LogP contribution < -0.4 is 11.1 Å². The van der Waals surface area contributed by atoms with Gasteiger partial charge in [-0.2, -0.15) is 0 Å². The Bertz CT molecular complexity index is 2010. The molecule has 11 atom stereocenters. The van der Waals surface area contributed by atoms with Gasteiger partial charge >= 0.3 is 21.7 Å². The van der Waals surface area contributed by atoms with Gasteiger partial charge in [-0.15, -0.1) is 0 Å². The zero-order valence-electron chi connectivity index (χ0n) is 57.0. The molecule has 27 nitrogen and oxygen atoms in total. The summed E-state index contributed by atoms with van der Waals surface area (Å²) >= 11 is 0. The van der Waals surface area contributed by atoms with E-state index in [0.717, 1.165) is 54.8 Å². The van der Waals surface area contributed by atoms with E-state index in [0.29, 0.717) is 137 Å². The number of phosphoric acid groups is 2. The molecule has 4 aliphatic rings. The average molecular weight is 1380 g/mol. The molecule has 0 aromatic rings. The molecule has 0 bridgehead atoms. The number of aliphatic hydroxyl groups is 1. The van der Waals surface area contributed by atoms with Crippen LogP contribution in [0.15, 0.2) is 11.6 Å². The van der Waals surface area contributed by atoms with Gasteiger partial charge in [0.1, 0.15) is 12.2 Å². The van der Waals surface area contributed by atoms with E-state index in [2.05, 4.69) is 46.0 Å². The minimum atomic E-state index is -4.42. The highest BCUT2D eigenvalue weighted by Gasteiger charge is 2.59. The summed E-state index contributed by atoms with van der Waals surface area (Å²) in [6, 6.07) is 0. The topological polar surface area (TPSA) is 325 Å². The number of amides is 1. The van der Waals surface area contributed by atoms with Crippen molar-refractivity contribution in [3.05, 3.63) is 11.6 Å². The molecular formula is C64H122N2O25P2. The van der Waals surface area contributed by atoms with Crippen molar-refractivity contribution in [3.8, 4) is 0 Å². The predicted molar refractivity (Wildman–Crippen MR) is 346 cm³/mol. The number of aliphatic hydroxyl groups excluding tert-OH is 1. The van der Waals surface area contributed by atoms with Gasteiger partial charge in [-0.05, 0) is 97.7 Å². The molecule has 0 saturated heterocycles. The van der Waals surface area contributed by atoms with E-state index in [-0.39, 0.29) is 110 Å². The van der Waals surface area contributed by atoms with Gasteiger partial charge in [0.15, 0.2) is 0 Å². The molecule has 0 heterocycles. The maximum atomic E-state index is 12.8. The first-order chi connectivity index (χ1) is 45.0. The van der Waals surface area contributed by atoms with Crippen molar-refractivity contribution in [3.63, 3.8) is 0 Å². The van der Waals surface area contributed by atoms with E-state index in [1.165, 1.54) is 56.9 Å². The minimum absolute atomic E-state index is 0.0125. The number of hydrogen-bond acceptors (Lipinski definition) is 24. The van der Waals surface area contributed by atoms with Crippen molar-refractivity contribution in [1.82, 2.24) is 5.32 Å². The van der Waals surface area contributed by atoms with Gasteiger partial charge < -0.3 is 97.0 Å². The van der Waals surface area contributed by atoms with Crippen LogP contribution in [-0.4, -0.2) is 258 Å². The molecule has 3 fully saturated rings. The van der Waals surface area contributed by atoms with Crippen molar-refractivity contribution < 1.29 is 118 Å². The molecule has 7 unspecified atom stereocenters. The van der Waals surface area contributed by atoms with E-state index in [1.54, 1.807) is 0 Å². The summed E-state index contributed by atoms with van der Waals surface area (Å²) < 4.78 is 125. The monoisotopic (exact) mass is 1380 g/mol. The normalized spacial score (nSPS) is 24.0. The van der Waals surface area contributed by atoms with Crippen molar-refractivity contribution >= 4 is 21.7 Å². The SMILES string of the molecule is CC(C)CCC[C@@H](C)C1CCC2C3CC=C4C[C@@H](OC(=O)NCCCOCCOCCOCCOCC(O)COP(=O)(O)OCCOCCOCCOCCOCCOCCOP(=O)(O)OCCOCCOCCOCCOCCOCCN)CC[C@]4(C)C3CC[C@@]21C. The second kappa shape index (κ2) is 50.8. The van der Waals surface area contributed by atoms with Crippen molar-refractivity contribution in [2.75, 3.05) is 225 Å². The second-order valence-corrected chi connectivity index (χ2v) is 28.0. The molecule has 0 aliphatic heterocycles. The molecule has 0 spiro atoms. The Morgan fingerprint density at radius 1 is 0.527 bits per heavy atom. The Kier molecular flexibility index (Phi) is 45.9. The van der Waals surface area contributed by atoms with Gasteiger partial charge in [-0.25, -0.2) is 13.9 Å². The first-order valence-corrected chi connectivity index (χ1v) is 37.3. The lowest BCUT2D eigenvalue weighted by atomic mass is 9.47. The molecule has 1 amide bonds. The number of carbonyl (C=O) groups excluding carboxylic acids is 1. The van der Waals surface area contributed by atoms with E-state index >= 15 is 0 Å². The Morgan fingerprint density at radius 2 is 0.957 bits per heavy atom. The average Bonchev–Trinajstić information content (AvgIpc) is 1.70. The van der Waals surface area contributed by atoms with Gasteiger partial charge in [0.25, 0.3) is 0 Å². The van der Waals surface area contributed by atoms with Crippen molar-refractivity contribution in [1.29, 1.82) is 0 Å². The lowest BCUT2D eigenvalue weighted by Gasteiger charge is -2.58. The van der Waals surface area contributed by atoms with Crippen LogP contribution in [-0.2, 0) is 98.3 Å². The Morgan fingerprint density at radius 3 is 1.42 bits per heavy atom. The molecule has 4 aliphatic carbocycles. The quantitative estimate of drug-likeness (QED) is 0.0226. The third-order valence-electron chi connectivity index (χ3n) is 17.8. The summed E-state index contributed by atoms with van der Waals surface area (Å²) in [5.41, 5.74) is 7.57. The minimum Gasteiger partial charge on any atom is -0.446 e. The highest BCUT2D eigenvalue weighted by molar-refractivity contribution is 7.47. The molecule has 93 heavy (non-hydrogen) atoms. The standard InChI is InChI=1S/C64H122N2O25P2/c1-53(2)8-6-9-54(3)59-12-13-60-58-11-10-55-50-57(14-16-63(55,4)61(58)15-17-64(59,60)5)91-62(68)66-19-7-20-73-22-24-75-34-35-82-42-43-86-51-56(67)52-90-93(71,72)89-49-46-85-41-38-81-33-30-78-29-32-80-37-40-84-45-48-88-92(69,70)87-47-44-83-39-36-79-31-28-77-27-26-76-25-23-74-21-18-65/h10,53-54,56-61,67H,6-9,11-52,65H2,1-5H3,(H,66,68)(H,69,70)(H,71,72)/t54-,56?,57+,58?,59?,60?,61?,63+,64-/m1/s1. The number of alkyl carbamates (subject to hydrolysis) is 1. The first kappa shape index (κ1) is 84.0. The third-order valence-corrected chi connectivity index (χ3v) is 19.8. The number of nitrogens with one attached hydrogen (secondary N) is 1. The van der Waals surface area contributed by atoms with Gasteiger partial charge in [0, 0.05) is 26.1 Å². The Labute approximate surface area is 555 Å². The summed E-state index contributed by atoms with van der Waals surface area (Å²) in [5, 5.41) is 13.0. The number of hydrogen-bond donors (Lipinski definition) is 5. The number of carbonyl (C=O) groups is 1. The lowest BCUT2D eigenvalue weighted by molar-refractivity contribution is -0.0581. The number of rotatable bonds is 62. The summed E-state index contributed by atoms with van der Waals surface area (Å²) in [6.07, 6.45) is 15.3. The molecule has 29 heteroatoms. The van der Waals surface area contributed by atoms with Crippen LogP contribution >= 0.6 is 15.6 Å². The van der Waals surface area contributed by atoms with Crippen molar-refractivity contribution in [2.45, 2.75) is 124 Å². The number of fused-ring (bicyclic) bond motifs is 5. The number of ether oxygens (including phenoxy) is 15. The molecule has 0 radical (unpaired) electrons. The smallest absolute Gasteiger partial charge is 0.446 e. The fourth-order valence-corrected chi connectivity index (χ4v) is 14.6. The van der Waals surface area contributed by atoms with Gasteiger partial charge in [-0.3, -0.25) is 18.1 Å². The van der Waals surface area contributed by atoms with Crippen LogP contribution in [0, 0.1) is 46.3 Å². The number of phosphoric ester groups is 2. The highest BCUT2D eigenvalue weighted by Crippen LogP contribution is 2.67. The first-order valence-electron chi connectivity index (χ1n) is 34.3. The molecule has 3 saturated carbocycles. The van der Waals surface area contributed by atoms with Crippen LogP contribution in [0.4, 0.5) is 4.79 Å². The molecule has 4 rings (SSSR count). The number of allylic oxidation sites excluding steroid dienone is 1. The number of nitrogens with two attached hydrogens (primary N) is 1. The largest absolute Gasteiger partial charge is 0.472 e. The molecule has 548 valence electrons. The lowest BCUT2D eigenvalue weighted by Crippen LogP contribution is -2.51. The summed E-state index contributed by atoms with van der Waals surface area (Å²) in [6.45, 7) is 21.1. The van der Waals surface area contributed by atoms with E-state index in [1.807, 2.05) is 0 Å². The molecule has 0 aromatic carbocycles. The fraction of sp³-hybridized carbons (Fsp3) is 0.953. The van der Waals surface area contributed by atoms with Crippen LogP contribution in [0.3, 0.4) is 0 Å². The Balaban J connectivity index is 0.817. The highest BCUT2D eigenvalue weighted by atomic mass is 31.2. The maximum Gasteiger partial charge on any atom is 0.472 e. The van der Waals surface area contributed by atoms with Crippen LogP contribution in [0.1, 0.15) is 112 Å². The zero-order chi connectivity index (χ0) is 67.1. The molecular weight excluding hydrogens is 1260 g/mol. The summed E-state index contributed by atoms with van der Waals surface area (Å²) in [4.78, 5) is 32.5. The van der Waals surface area contributed by atoms with E-state index in [9.17, 15) is 28.8 Å². The van der Waals surface area contributed by atoms with Gasteiger partial charge in [0.2, 0.25) is 0 Å². The predicted octanol–water partition coefficient (Wildman–Crippen LogP) is 7.33. The van der Waals surface area contributed by atoms with Crippen LogP contribution in [0.25, 0.3) is 0 Å². The van der Waals surface area contributed by atoms with Crippen molar-refractivity contribution in [2.24, 2.45) is 52.1 Å². The summed E-state index contributed by atoms with van der Waals surface area (Å²) in [5.74, 6) is 4.84. The van der Waals surface area contributed by atoms with Crippen LogP contribution in [0.2, 0.25) is 0 Å².